The van der Waals surface area contributed by atoms with Crippen molar-refractivity contribution in [2.24, 2.45) is 5.84 Å². The third-order valence-corrected chi connectivity index (χ3v) is 2.17. The zero-order chi connectivity index (χ0) is 10.7. The molecule has 0 aliphatic heterocycles. The van der Waals surface area contributed by atoms with Gasteiger partial charge in [0.15, 0.2) is 5.82 Å². The number of nitrogen functional groups attached to an aromatic ring is 1. The molecule has 0 atom stereocenters. The van der Waals surface area contributed by atoms with Crippen LogP contribution >= 0.6 is 11.6 Å². The van der Waals surface area contributed by atoms with E-state index >= 15 is 0 Å². The molecule has 3 N–H and O–H groups in total. The molecule has 0 fully saturated rings. The average molecular weight is 221 g/mol. The van der Waals surface area contributed by atoms with Gasteiger partial charge >= 0.3 is 0 Å². The maximum atomic E-state index is 5.79. The summed E-state index contributed by atoms with van der Waals surface area (Å²) in [4.78, 5) is 8.27. The molecule has 0 radical (unpaired) electrons. The van der Waals surface area contributed by atoms with Crippen LogP contribution in [0.1, 0.15) is 0 Å². The molecule has 2 aromatic rings. The molecule has 0 bridgehead atoms. The molecule has 1 aromatic carbocycles. The monoisotopic (exact) mass is 220 g/mol. The van der Waals surface area contributed by atoms with Crippen LogP contribution in [0.4, 0.5) is 5.82 Å². The SMILES string of the molecule is NNc1cncc(-c2ccc(Cl)cc2)n1. The highest BCUT2D eigenvalue weighted by molar-refractivity contribution is 6.30. The van der Waals surface area contributed by atoms with Gasteiger partial charge in [-0.2, -0.15) is 0 Å². The van der Waals surface area contributed by atoms with Crippen molar-refractivity contribution in [3.8, 4) is 11.3 Å². The van der Waals surface area contributed by atoms with Crippen molar-refractivity contribution < 1.29 is 0 Å². The Hall–Kier alpha value is -1.65. The number of hydrazine groups is 1. The lowest BCUT2D eigenvalue weighted by Gasteiger charge is -2.02. The molecular weight excluding hydrogens is 212 g/mol. The summed E-state index contributed by atoms with van der Waals surface area (Å²) in [5.41, 5.74) is 4.15. The Labute approximate surface area is 92.1 Å². The molecule has 0 amide bonds. The van der Waals surface area contributed by atoms with Crippen molar-refractivity contribution in [2.45, 2.75) is 0 Å². The first-order valence-corrected chi connectivity index (χ1v) is 4.72. The van der Waals surface area contributed by atoms with Crippen LogP contribution in [0.5, 0.6) is 0 Å². The molecule has 5 heteroatoms. The minimum absolute atomic E-state index is 0.530. The zero-order valence-corrected chi connectivity index (χ0v) is 8.57. The molecule has 0 aliphatic rings. The van der Waals surface area contributed by atoms with Gasteiger partial charge in [-0.3, -0.25) is 4.98 Å². The number of nitrogens with one attached hydrogen (secondary N) is 1. The van der Waals surface area contributed by atoms with Gasteiger partial charge in [0, 0.05) is 10.6 Å². The molecule has 15 heavy (non-hydrogen) atoms. The van der Waals surface area contributed by atoms with Gasteiger partial charge in [0.2, 0.25) is 0 Å². The normalized spacial score (nSPS) is 10.0. The van der Waals surface area contributed by atoms with Crippen molar-refractivity contribution in [3.63, 3.8) is 0 Å². The Balaban J connectivity index is 2.40. The van der Waals surface area contributed by atoms with Gasteiger partial charge < -0.3 is 5.43 Å². The van der Waals surface area contributed by atoms with Crippen LogP contribution in [0.15, 0.2) is 36.7 Å². The molecule has 0 saturated heterocycles. The van der Waals surface area contributed by atoms with E-state index in [0.29, 0.717) is 10.8 Å². The van der Waals surface area contributed by atoms with Gasteiger partial charge in [0.1, 0.15) is 0 Å². The number of rotatable bonds is 2. The third-order valence-electron chi connectivity index (χ3n) is 1.92. The van der Waals surface area contributed by atoms with Crippen LogP contribution in [0, 0.1) is 0 Å². The first-order valence-electron chi connectivity index (χ1n) is 4.34. The summed E-state index contributed by atoms with van der Waals surface area (Å²) in [6.45, 7) is 0. The van der Waals surface area contributed by atoms with E-state index in [9.17, 15) is 0 Å². The number of hydrogen-bond donors (Lipinski definition) is 2. The summed E-state index contributed by atoms with van der Waals surface area (Å²) in [5.74, 6) is 5.78. The summed E-state index contributed by atoms with van der Waals surface area (Å²) in [7, 11) is 0. The van der Waals surface area contributed by atoms with Crippen LogP contribution in [-0.2, 0) is 0 Å². The fraction of sp³-hybridized carbons (Fsp3) is 0. The van der Waals surface area contributed by atoms with Gasteiger partial charge in [-0.25, -0.2) is 10.8 Å². The Morgan fingerprint density at radius 2 is 1.87 bits per heavy atom. The van der Waals surface area contributed by atoms with Crippen LogP contribution < -0.4 is 11.3 Å². The van der Waals surface area contributed by atoms with Gasteiger partial charge in [-0.1, -0.05) is 23.7 Å². The molecule has 2 rings (SSSR count). The lowest BCUT2D eigenvalue weighted by molar-refractivity contribution is 1.16. The van der Waals surface area contributed by atoms with Crippen LogP contribution in [-0.4, -0.2) is 9.97 Å². The summed E-state index contributed by atoms with van der Waals surface area (Å²) in [6.07, 6.45) is 3.23. The Morgan fingerprint density at radius 3 is 2.53 bits per heavy atom. The Morgan fingerprint density at radius 1 is 1.13 bits per heavy atom. The topological polar surface area (TPSA) is 63.8 Å². The number of halogens is 1. The minimum Gasteiger partial charge on any atom is -0.307 e. The van der Waals surface area contributed by atoms with Gasteiger partial charge in [-0.05, 0) is 12.1 Å². The largest absolute Gasteiger partial charge is 0.307 e. The second-order valence-electron chi connectivity index (χ2n) is 2.94. The number of nitrogens with zero attached hydrogens (tertiary/aromatic N) is 2. The molecule has 4 nitrogen and oxygen atoms in total. The molecule has 76 valence electrons. The third kappa shape index (κ3) is 2.23. The average Bonchev–Trinajstić information content (AvgIpc) is 2.30. The van der Waals surface area contributed by atoms with Crippen molar-refractivity contribution in [1.82, 2.24) is 9.97 Å². The number of hydrogen-bond acceptors (Lipinski definition) is 4. The van der Waals surface area contributed by atoms with Gasteiger partial charge in [-0.15, -0.1) is 0 Å². The predicted molar refractivity (Wildman–Crippen MR) is 60.3 cm³/mol. The van der Waals surface area contributed by atoms with E-state index in [4.69, 9.17) is 17.4 Å². The number of aromatic nitrogens is 2. The van der Waals surface area contributed by atoms with E-state index in [1.165, 1.54) is 0 Å². The summed E-state index contributed by atoms with van der Waals surface area (Å²) in [5, 5.41) is 0.694. The molecule has 0 unspecified atom stereocenters. The standard InChI is InChI=1S/C10H9ClN4/c11-8-3-1-7(2-4-8)9-5-13-6-10(14-9)15-12/h1-6H,12H2,(H,14,15). The van der Waals surface area contributed by atoms with E-state index in [1.54, 1.807) is 24.5 Å². The van der Waals surface area contributed by atoms with Gasteiger partial charge in [0.05, 0.1) is 18.1 Å². The summed E-state index contributed by atoms with van der Waals surface area (Å²) in [6, 6.07) is 7.38. The molecule has 1 aromatic heterocycles. The minimum atomic E-state index is 0.530. The van der Waals surface area contributed by atoms with Crippen molar-refractivity contribution in [2.75, 3.05) is 5.43 Å². The van der Waals surface area contributed by atoms with E-state index < -0.39 is 0 Å². The molecule has 0 aliphatic carbocycles. The summed E-state index contributed by atoms with van der Waals surface area (Å²) >= 11 is 5.79. The molecule has 1 heterocycles. The van der Waals surface area contributed by atoms with Crippen LogP contribution in [0.3, 0.4) is 0 Å². The zero-order valence-electron chi connectivity index (χ0n) is 7.81. The molecular formula is C10H9ClN4. The van der Waals surface area contributed by atoms with Crippen LogP contribution in [0.2, 0.25) is 5.02 Å². The maximum absolute atomic E-state index is 5.79. The van der Waals surface area contributed by atoms with Gasteiger partial charge in [0.25, 0.3) is 0 Å². The van der Waals surface area contributed by atoms with E-state index in [0.717, 1.165) is 11.3 Å². The first-order chi connectivity index (χ1) is 7.29. The summed E-state index contributed by atoms with van der Waals surface area (Å²) < 4.78 is 0. The fourth-order valence-electron chi connectivity index (χ4n) is 1.20. The van der Waals surface area contributed by atoms with Crippen LogP contribution in [0.25, 0.3) is 11.3 Å². The molecule has 0 saturated carbocycles. The second-order valence-corrected chi connectivity index (χ2v) is 3.38. The fourth-order valence-corrected chi connectivity index (χ4v) is 1.32. The van der Waals surface area contributed by atoms with Crippen molar-refractivity contribution >= 4 is 17.4 Å². The predicted octanol–water partition coefficient (Wildman–Crippen LogP) is 2.08. The van der Waals surface area contributed by atoms with E-state index in [-0.39, 0.29) is 0 Å². The second kappa shape index (κ2) is 4.25. The number of anilines is 1. The first kappa shape index (κ1) is 9.89. The van der Waals surface area contributed by atoms with E-state index in [2.05, 4.69) is 15.4 Å². The molecule has 0 spiro atoms. The smallest absolute Gasteiger partial charge is 0.159 e. The number of benzene rings is 1. The Kier molecular flexibility index (Phi) is 2.80. The quantitative estimate of drug-likeness (QED) is 0.601. The lowest BCUT2D eigenvalue weighted by Crippen LogP contribution is -2.09. The lowest BCUT2D eigenvalue weighted by atomic mass is 10.2. The van der Waals surface area contributed by atoms with E-state index in [1.807, 2.05) is 12.1 Å². The van der Waals surface area contributed by atoms with Crippen molar-refractivity contribution in [1.29, 1.82) is 0 Å². The highest BCUT2D eigenvalue weighted by atomic mass is 35.5. The maximum Gasteiger partial charge on any atom is 0.159 e. The highest BCUT2D eigenvalue weighted by Crippen LogP contribution is 2.19. The Bertz CT molecular complexity index is 455. The highest BCUT2D eigenvalue weighted by Gasteiger charge is 2.00. The number of nitrogens with two attached hydrogens (primary N) is 1. The van der Waals surface area contributed by atoms with Crippen molar-refractivity contribution in [3.05, 3.63) is 41.7 Å².